The molecule has 5 aromatic rings. The summed E-state index contributed by atoms with van der Waals surface area (Å²) in [6.45, 7) is 6.10. The molecule has 1 aliphatic heterocycles. The Labute approximate surface area is 289 Å². The largest absolute Gasteiger partial charge is 0.494 e. The topological polar surface area (TPSA) is 80.8 Å². The number of amides is 3. The molecule has 3 amide bonds. The molecule has 1 aromatic heterocycles. The molecule has 4 aromatic carbocycles. The van der Waals surface area contributed by atoms with Gasteiger partial charge in [0, 0.05) is 18.1 Å². The molecule has 10 heteroatoms. The van der Waals surface area contributed by atoms with E-state index in [2.05, 4.69) is 10.3 Å². The Balaban J connectivity index is 1.14. The van der Waals surface area contributed by atoms with Gasteiger partial charge in [0.1, 0.15) is 17.0 Å². The number of carbonyl (C=O) groups is 2. The molecule has 1 unspecified atom stereocenters. The molecule has 1 atom stereocenters. The van der Waals surface area contributed by atoms with E-state index in [0.29, 0.717) is 59.4 Å². The lowest BCUT2D eigenvalue weighted by molar-refractivity contribution is -0.136. The van der Waals surface area contributed by atoms with Gasteiger partial charge in [0.15, 0.2) is 0 Å². The normalized spacial score (nSPS) is 16.3. The zero-order chi connectivity index (χ0) is 35.5. The van der Waals surface area contributed by atoms with Crippen LogP contribution in [-0.4, -0.2) is 41.1 Å². The molecule has 0 saturated carbocycles. The maximum Gasteiger partial charge on any atom is 0.418 e. The average molecular weight is 682 g/mol. The van der Waals surface area contributed by atoms with Gasteiger partial charge in [0.2, 0.25) is 0 Å². The van der Waals surface area contributed by atoms with Crippen molar-refractivity contribution in [1.82, 2.24) is 15.2 Å². The van der Waals surface area contributed by atoms with Crippen molar-refractivity contribution in [2.45, 2.75) is 57.9 Å². The molecular weight excluding hydrogens is 643 g/mol. The number of ether oxygens (including phenoxy) is 2. The number of hydrogen-bond donors (Lipinski definition) is 1. The number of halogens is 3. The molecule has 1 aliphatic rings. The lowest BCUT2D eigenvalue weighted by Gasteiger charge is -2.22. The Hall–Kier alpha value is -5.38. The first-order chi connectivity index (χ1) is 23.9. The quantitative estimate of drug-likeness (QED) is 0.105. The Kier molecular flexibility index (Phi) is 9.81. The maximum absolute atomic E-state index is 14.0. The molecule has 50 heavy (non-hydrogen) atoms. The smallest absolute Gasteiger partial charge is 0.418 e. The van der Waals surface area contributed by atoms with Crippen molar-refractivity contribution in [2.75, 3.05) is 13.2 Å². The number of aromatic nitrogens is 1. The van der Waals surface area contributed by atoms with Crippen molar-refractivity contribution >= 4 is 22.8 Å². The minimum absolute atomic E-state index is 0.0161. The highest BCUT2D eigenvalue weighted by molar-refractivity contribution is 6.07. The second kappa shape index (κ2) is 14.2. The van der Waals surface area contributed by atoms with Crippen molar-refractivity contribution in [3.8, 4) is 22.6 Å². The molecule has 0 radical (unpaired) electrons. The number of fused-ring (bicyclic) bond motifs is 1. The van der Waals surface area contributed by atoms with Gasteiger partial charge < -0.3 is 14.8 Å². The predicted octanol–water partition coefficient (Wildman–Crippen LogP) is 8.92. The minimum atomic E-state index is -4.55. The molecule has 0 spiro atoms. The molecule has 0 aliphatic carbocycles. The van der Waals surface area contributed by atoms with E-state index in [4.69, 9.17) is 9.47 Å². The standard InChI is InChI=1S/C40H38F3N3O4/c1-26(2)50-31-19-17-30(18-20-31)39(3)37(47)46(38(48)45-39)21-7-8-22-49-32-14-9-13-28(24-32)35-29(23-27-11-5-4-6-12-27)25-44-36-33(35)15-10-16-34(36)40(41,42)43/h4-6,9-20,24-26H,7-8,21-23H2,1-3H3,(H,45,48). The van der Waals surface area contributed by atoms with Crippen LogP contribution in [0.2, 0.25) is 0 Å². The van der Waals surface area contributed by atoms with Gasteiger partial charge >= 0.3 is 12.2 Å². The van der Waals surface area contributed by atoms with Gasteiger partial charge in [-0.25, -0.2) is 4.79 Å². The predicted molar refractivity (Wildman–Crippen MR) is 186 cm³/mol. The van der Waals surface area contributed by atoms with Crippen LogP contribution >= 0.6 is 0 Å². The summed E-state index contributed by atoms with van der Waals surface area (Å²) >= 11 is 0. The summed E-state index contributed by atoms with van der Waals surface area (Å²) in [6, 6.07) is 27.8. The third-order valence-corrected chi connectivity index (χ3v) is 8.76. The van der Waals surface area contributed by atoms with E-state index in [1.807, 2.05) is 62.4 Å². The van der Waals surface area contributed by atoms with Crippen molar-refractivity contribution < 1.29 is 32.2 Å². The van der Waals surface area contributed by atoms with Crippen LogP contribution in [0.15, 0.2) is 103 Å². The monoisotopic (exact) mass is 681 g/mol. The number of rotatable bonds is 12. The summed E-state index contributed by atoms with van der Waals surface area (Å²) in [6.07, 6.45) is -1.44. The number of urea groups is 1. The second-order valence-corrected chi connectivity index (χ2v) is 12.8. The number of benzene rings is 4. The van der Waals surface area contributed by atoms with Crippen molar-refractivity contribution in [3.63, 3.8) is 0 Å². The van der Waals surface area contributed by atoms with Crippen molar-refractivity contribution in [1.29, 1.82) is 0 Å². The summed E-state index contributed by atoms with van der Waals surface area (Å²) in [7, 11) is 0. The van der Waals surface area contributed by atoms with Gasteiger partial charge in [-0.1, -0.05) is 66.7 Å². The summed E-state index contributed by atoms with van der Waals surface area (Å²) in [5, 5.41) is 3.25. The van der Waals surface area contributed by atoms with Crippen LogP contribution in [0.5, 0.6) is 11.5 Å². The van der Waals surface area contributed by atoms with Crippen molar-refractivity contribution in [2.24, 2.45) is 0 Å². The van der Waals surface area contributed by atoms with E-state index in [1.54, 1.807) is 43.3 Å². The fourth-order valence-corrected chi connectivity index (χ4v) is 6.32. The van der Waals surface area contributed by atoms with Gasteiger partial charge in [-0.2, -0.15) is 13.2 Å². The fourth-order valence-electron chi connectivity index (χ4n) is 6.32. The Morgan fingerprint density at radius 1 is 0.880 bits per heavy atom. The first-order valence-electron chi connectivity index (χ1n) is 16.6. The zero-order valence-corrected chi connectivity index (χ0v) is 28.1. The highest BCUT2D eigenvalue weighted by atomic mass is 19.4. The van der Waals surface area contributed by atoms with E-state index in [-0.39, 0.29) is 24.1 Å². The molecule has 0 bridgehead atoms. The third-order valence-electron chi connectivity index (χ3n) is 8.76. The number of nitrogens with zero attached hydrogens (tertiary/aromatic N) is 2. The zero-order valence-electron chi connectivity index (χ0n) is 28.1. The number of imide groups is 1. The number of pyridine rings is 1. The molecule has 6 rings (SSSR count). The van der Waals surface area contributed by atoms with Crippen LogP contribution in [0.3, 0.4) is 0 Å². The van der Waals surface area contributed by atoms with Gasteiger partial charge in [-0.15, -0.1) is 0 Å². The minimum Gasteiger partial charge on any atom is -0.494 e. The molecule has 7 nitrogen and oxygen atoms in total. The van der Waals surface area contributed by atoms with Gasteiger partial charge in [0.25, 0.3) is 5.91 Å². The average Bonchev–Trinajstić information content (AvgIpc) is 3.31. The number of para-hydroxylation sites is 1. The van der Waals surface area contributed by atoms with Crippen LogP contribution in [0.1, 0.15) is 55.9 Å². The first kappa shape index (κ1) is 34.5. The highest BCUT2D eigenvalue weighted by Crippen LogP contribution is 2.40. The highest BCUT2D eigenvalue weighted by Gasteiger charge is 2.48. The lowest BCUT2D eigenvalue weighted by atomic mass is 9.92. The molecule has 1 fully saturated rings. The summed E-state index contributed by atoms with van der Waals surface area (Å²) < 4.78 is 53.7. The second-order valence-electron chi connectivity index (χ2n) is 12.8. The fraction of sp³-hybridized carbons (Fsp3) is 0.275. The van der Waals surface area contributed by atoms with Crippen LogP contribution in [0.4, 0.5) is 18.0 Å². The van der Waals surface area contributed by atoms with Crippen molar-refractivity contribution in [3.05, 3.63) is 126 Å². The van der Waals surface area contributed by atoms with Crippen LogP contribution in [0.25, 0.3) is 22.0 Å². The van der Waals surface area contributed by atoms with Gasteiger partial charge in [-0.05, 0) is 98.2 Å². The SMILES string of the molecule is CC(C)Oc1ccc(C2(C)NC(=O)N(CCCCOc3cccc(-c4c(Cc5ccccc5)cnc5c(C(F)(F)F)cccc45)c3)C2=O)cc1. The third kappa shape index (κ3) is 7.29. The molecular formula is C40H38F3N3O4. The summed E-state index contributed by atoms with van der Waals surface area (Å²) in [5.74, 6) is 0.916. The number of nitrogens with one attached hydrogen (secondary N) is 1. The Morgan fingerprint density at radius 2 is 1.62 bits per heavy atom. The van der Waals surface area contributed by atoms with E-state index in [0.717, 1.165) is 17.2 Å². The maximum atomic E-state index is 14.0. The first-order valence-corrected chi connectivity index (χ1v) is 16.6. The van der Waals surface area contributed by atoms with Gasteiger partial charge in [-0.3, -0.25) is 14.7 Å². The number of hydrogen-bond acceptors (Lipinski definition) is 5. The van der Waals surface area contributed by atoms with E-state index >= 15 is 0 Å². The van der Waals surface area contributed by atoms with E-state index in [1.165, 1.54) is 17.2 Å². The van der Waals surface area contributed by atoms with Crippen LogP contribution in [-0.2, 0) is 22.9 Å². The number of unbranched alkanes of at least 4 members (excludes halogenated alkanes) is 1. The van der Waals surface area contributed by atoms with E-state index < -0.39 is 23.3 Å². The molecule has 1 saturated heterocycles. The Bertz CT molecular complexity index is 2000. The lowest BCUT2D eigenvalue weighted by Crippen LogP contribution is -2.41. The van der Waals surface area contributed by atoms with Crippen LogP contribution < -0.4 is 14.8 Å². The van der Waals surface area contributed by atoms with Crippen LogP contribution in [0, 0.1) is 0 Å². The number of carbonyl (C=O) groups excluding carboxylic acids is 2. The number of alkyl halides is 3. The summed E-state index contributed by atoms with van der Waals surface area (Å²) in [5.41, 5.74) is 1.78. The Morgan fingerprint density at radius 3 is 2.34 bits per heavy atom. The summed E-state index contributed by atoms with van der Waals surface area (Å²) in [4.78, 5) is 31.7. The van der Waals surface area contributed by atoms with E-state index in [9.17, 15) is 22.8 Å². The molecule has 2 heterocycles. The molecule has 258 valence electrons. The van der Waals surface area contributed by atoms with Gasteiger partial charge in [0.05, 0.1) is 23.8 Å². The molecule has 1 N–H and O–H groups in total.